The average molecular weight is 413 g/mol. The number of amides is 2. The van der Waals surface area contributed by atoms with Crippen molar-refractivity contribution in [1.82, 2.24) is 10.2 Å². The van der Waals surface area contributed by atoms with E-state index in [-0.39, 0.29) is 36.3 Å². The zero-order chi connectivity index (χ0) is 21.7. The topological polar surface area (TPSA) is 58.6 Å². The fourth-order valence-electron chi connectivity index (χ4n) is 3.79. The third kappa shape index (κ3) is 5.38. The van der Waals surface area contributed by atoms with Gasteiger partial charge in [0.2, 0.25) is 5.91 Å². The van der Waals surface area contributed by atoms with Crippen molar-refractivity contribution in [1.29, 1.82) is 0 Å². The molecular formula is C24H29FN2O3. The van der Waals surface area contributed by atoms with Crippen LogP contribution in [-0.4, -0.2) is 29.5 Å². The van der Waals surface area contributed by atoms with Gasteiger partial charge in [-0.25, -0.2) is 9.18 Å². The van der Waals surface area contributed by atoms with E-state index in [2.05, 4.69) is 5.32 Å². The zero-order valence-corrected chi connectivity index (χ0v) is 17.7. The summed E-state index contributed by atoms with van der Waals surface area (Å²) in [7, 11) is 0. The van der Waals surface area contributed by atoms with E-state index in [4.69, 9.17) is 4.74 Å². The molecule has 2 atom stereocenters. The molecule has 3 rings (SSSR count). The Hall–Kier alpha value is -2.89. The van der Waals surface area contributed by atoms with Crippen LogP contribution in [0.3, 0.4) is 0 Å². The Morgan fingerprint density at radius 2 is 1.93 bits per heavy atom. The third-order valence-corrected chi connectivity index (χ3v) is 5.50. The maximum absolute atomic E-state index is 13.7. The van der Waals surface area contributed by atoms with Gasteiger partial charge in [-0.3, -0.25) is 4.79 Å². The molecule has 0 aromatic heterocycles. The summed E-state index contributed by atoms with van der Waals surface area (Å²) in [5, 5.41) is 3.07. The molecule has 1 N–H and O–H groups in total. The van der Waals surface area contributed by atoms with Crippen molar-refractivity contribution >= 4 is 12.0 Å². The Labute approximate surface area is 177 Å². The molecule has 30 heavy (non-hydrogen) atoms. The van der Waals surface area contributed by atoms with E-state index in [1.807, 2.05) is 51.1 Å². The second kappa shape index (κ2) is 9.74. The highest BCUT2D eigenvalue weighted by atomic mass is 19.1. The molecule has 0 spiro atoms. The molecule has 2 amide bonds. The van der Waals surface area contributed by atoms with Crippen LogP contribution in [0.25, 0.3) is 0 Å². The van der Waals surface area contributed by atoms with Crippen molar-refractivity contribution < 1.29 is 18.7 Å². The Balaban J connectivity index is 1.78. The van der Waals surface area contributed by atoms with E-state index in [0.29, 0.717) is 19.4 Å². The number of halogens is 1. The van der Waals surface area contributed by atoms with Gasteiger partial charge < -0.3 is 15.0 Å². The Kier molecular flexibility index (Phi) is 7.08. The van der Waals surface area contributed by atoms with Gasteiger partial charge in [0.1, 0.15) is 12.4 Å². The lowest BCUT2D eigenvalue weighted by Gasteiger charge is -2.40. The van der Waals surface area contributed by atoms with Crippen LogP contribution < -0.4 is 5.32 Å². The molecule has 1 saturated heterocycles. The molecule has 1 heterocycles. The average Bonchev–Trinajstić information content (AvgIpc) is 2.72. The van der Waals surface area contributed by atoms with Gasteiger partial charge in [-0.2, -0.15) is 0 Å². The van der Waals surface area contributed by atoms with Crippen molar-refractivity contribution in [2.45, 2.75) is 52.3 Å². The highest BCUT2D eigenvalue weighted by molar-refractivity contribution is 5.78. The Morgan fingerprint density at radius 1 is 1.20 bits per heavy atom. The lowest BCUT2D eigenvalue weighted by Crippen LogP contribution is -2.49. The molecule has 0 radical (unpaired) electrons. The lowest BCUT2D eigenvalue weighted by atomic mass is 9.89. The predicted octanol–water partition coefficient (Wildman–Crippen LogP) is 4.75. The number of nitrogens with one attached hydrogen (secondary N) is 1. The molecule has 1 fully saturated rings. The number of ether oxygens (including phenoxy) is 1. The van der Waals surface area contributed by atoms with Crippen molar-refractivity contribution in [3.63, 3.8) is 0 Å². The van der Waals surface area contributed by atoms with Crippen molar-refractivity contribution in [3.05, 3.63) is 71.0 Å². The number of hydrogen-bond donors (Lipinski definition) is 1. The number of nitrogens with zero attached hydrogens (tertiary/aromatic N) is 1. The second-order valence-electron chi connectivity index (χ2n) is 8.13. The van der Waals surface area contributed by atoms with Gasteiger partial charge in [-0.15, -0.1) is 0 Å². The van der Waals surface area contributed by atoms with Crippen LogP contribution in [0.15, 0.2) is 48.5 Å². The van der Waals surface area contributed by atoms with Gasteiger partial charge in [0.15, 0.2) is 0 Å². The van der Waals surface area contributed by atoms with Gasteiger partial charge in [-0.1, -0.05) is 50.2 Å². The number of likely N-dealkylation sites (tertiary alicyclic amines) is 1. The summed E-state index contributed by atoms with van der Waals surface area (Å²) < 4.78 is 19.2. The van der Waals surface area contributed by atoms with Crippen LogP contribution in [0.2, 0.25) is 0 Å². The normalized spacial score (nSPS) is 18.9. The predicted molar refractivity (Wildman–Crippen MR) is 113 cm³/mol. The fourth-order valence-corrected chi connectivity index (χ4v) is 3.79. The first-order chi connectivity index (χ1) is 14.3. The van der Waals surface area contributed by atoms with Crippen LogP contribution in [0.4, 0.5) is 9.18 Å². The van der Waals surface area contributed by atoms with Gasteiger partial charge in [0.25, 0.3) is 0 Å². The Morgan fingerprint density at radius 3 is 2.60 bits per heavy atom. The minimum absolute atomic E-state index is 0.00492. The van der Waals surface area contributed by atoms with Gasteiger partial charge in [0.05, 0.1) is 6.04 Å². The number of rotatable bonds is 5. The first kappa shape index (κ1) is 21.8. The molecule has 0 bridgehead atoms. The number of aryl methyl sites for hydroxylation is 1. The molecular weight excluding hydrogens is 383 g/mol. The van der Waals surface area contributed by atoms with Crippen LogP contribution in [-0.2, 0) is 16.1 Å². The van der Waals surface area contributed by atoms with Crippen molar-refractivity contribution in [2.24, 2.45) is 5.92 Å². The molecule has 2 aromatic rings. The van der Waals surface area contributed by atoms with Gasteiger partial charge >= 0.3 is 6.09 Å². The van der Waals surface area contributed by atoms with Crippen LogP contribution in [0.5, 0.6) is 0 Å². The number of hydrogen-bond acceptors (Lipinski definition) is 3. The minimum atomic E-state index is -0.402. The van der Waals surface area contributed by atoms with E-state index in [1.54, 1.807) is 11.0 Å². The Bertz CT molecular complexity index is 885. The van der Waals surface area contributed by atoms with Gasteiger partial charge in [0, 0.05) is 18.5 Å². The van der Waals surface area contributed by atoms with E-state index in [9.17, 15) is 14.0 Å². The molecule has 5 nitrogen and oxygen atoms in total. The molecule has 160 valence electrons. The first-order valence-electron chi connectivity index (χ1n) is 10.4. The first-order valence-corrected chi connectivity index (χ1v) is 10.4. The standard InChI is InChI=1S/C24H29FN2O3/c1-16(2)23(28)26-20-11-12-27(24(29)30-15-18-7-5-4-6-8-18)22(14-20)21-10-9-19(25)13-17(21)3/h4-10,13,16,20,22H,11-12,14-15H2,1-3H3,(H,26,28)/t20-,22+/m1/s1. The molecule has 0 unspecified atom stereocenters. The van der Waals surface area contributed by atoms with E-state index in [0.717, 1.165) is 16.7 Å². The third-order valence-electron chi connectivity index (χ3n) is 5.50. The molecule has 1 aliphatic heterocycles. The smallest absolute Gasteiger partial charge is 0.410 e. The quantitative estimate of drug-likeness (QED) is 0.771. The SMILES string of the molecule is Cc1cc(F)ccc1[C@@H]1C[C@H](NC(=O)C(C)C)CCN1C(=O)OCc1ccccc1. The van der Waals surface area contributed by atoms with Crippen LogP contribution >= 0.6 is 0 Å². The summed E-state index contributed by atoms with van der Waals surface area (Å²) in [6.07, 6.45) is 0.808. The molecule has 6 heteroatoms. The number of carbonyl (C=O) groups is 2. The minimum Gasteiger partial charge on any atom is -0.445 e. The number of carbonyl (C=O) groups excluding carboxylic acids is 2. The molecule has 0 aliphatic carbocycles. The largest absolute Gasteiger partial charge is 0.445 e. The van der Waals surface area contributed by atoms with E-state index < -0.39 is 6.09 Å². The summed E-state index contributed by atoms with van der Waals surface area (Å²) in [5.41, 5.74) is 2.56. The van der Waals surface area contributed by atoms with Crippen LogP contribution in [0, 0.1) is 18.7 Å². The number of benzene rings is 2. The summed E-state index contributed by atoms with van der Waals surface area (Å²) in [4.78, 5) is 26.8. The maximum atomic E-state index is 13.7. The summed E-state index contributed by atoms with van der Waals surface area (Å²) in [6.45, 7) is 6.19. The second-order valence-corrected chi connectivity index (χ2v) is 8.13. The molecule has 1 aliphatic rings. The number of piperidine rings is 1. The van der Waals surface area contributed by atoms with E-state index >= 15 is 0 Å². The summed E-state index contributed by atoms with van der Waals surface area (Å²) >= 11 is 0. The fraction of sp³-hybridized carbons (Fsp3) is 0.417. The molecule has 2 aromatic carbocycles. The molecule has 0 saturated carbocycles. The van der Waals surface area contributed by atoms with Gasteiger partial charge in [-0.05, 0) is 48.6 Å². The lowest BCUT2D eigenvalue weighted by molar-refractivity contribution is -0.125. The van der Waals surface area contributed by atoms with E-state index in [1.165, 1.54) is 12.1 Å². The highest BCUT2D eigenvalue weighted by Crippen LogP contribution is 2.34. The monoisotopic (exact) mass is 412 g/mol. The summed E-state index contributed by atoms with van der Waals surface area (Å²) in [6, 6.07) is 13.8. The van der Waals surface area contributed by atoms with Crippen molar-refractivity contribution in [2.75, 3.05) is 6.54 Å². The van der Waals surface area contributed by atoms with Crippen molar-refractivity contribution in [3.8, 4) is 0 Å². The maximum Gasteiger partial charge on any atom is 0.410 e. The summed E-state index contributed by atoms with van der Waals surface area (Å²) in [5.74, 6) is -0.422. The highest BCUT2D eigenvalue weighted by Gasteiger charge is 2.35. The zero-order valence-electron chi connectivity index (χ0n) is 17.7. The van der Waals surface area contributed by atoms with Crippen LogP contribution in [0.1, 0.15) is 49.4 Å².